The molecule has 2 saturated heterocycles. The largest absolute Gasteiger partial charge is 0.374 e. The molecule has 2 fully saturated rings. The fraction of sp³-hybridized carbons (Fsp3) is 0.500. The first-order valence-electron chi connectivity index (χ1n) is 5.62. The summed E-state index contributed by atoms with van der Waals surface area (Å²) in [5.74, 6) is 0. The molecule has 0 aromatic heterocycles. The van der Waals surface area contributed by atoms with Gasteiger partial charge >= 0.3 is 0 Å². The highest BCUT2D eigenvalue weighted by Crippen LogP contribution is 2.39. The summed E-state index contributed by atoms with van der Waals surface area (Å²) in [5.41, 5.74) is 0. The van der Waals surface area contributed by atoms with Gasteiger partial charge in [0, 0.05) is 0 Å². The zero-order chi connectivity index (χ0) is 11.2. The zero-order valence-electron chi connectivity index (χ0n) is 8.87. The summed E-state index contributed by atoms with van der Waals surface area (Å²) >= 11 is 0. The van der Waals surface area contributed by atoms with Crippen LogP contribution in [0.2, 0.25) is 0 Å². The number of fused-ring (bicyclic) bond motifs is 2. The first-order valence-corrected chi connectivity index (χ1v) is 7.17. The van der Waals surface area contributed by atoms with Crippen LogP contribution in [0.3, 0.4) is 0 Å². The molecule has 2 aliphatic rings. The van der Waals surface area contributed by atoms with Crippen LogP contribution >= 0.6 is 0 Å². The van der Waals surface area contributed by atoms with E-state index in [9.17, 15) is 8.42 Å². The molecule has 2 bridgehead atoms. The van der Waals surface area contributed by atoms with E-state index >= 15 is 0 Å². The summed E-state index contributed by atoms with van der Waals surface area (Å²) in [7, 11) is -3.19. The molecular formula is C12H14O3S. The van der Waals surface area contributed by atoms with Crippen LogP contribution in [-0.4, -0.2) is 25.9 Å². The van der Waals surface area contributed by atoms with Crippen molar-refractivity contribution in [2.45, 2.75) is 41.6 Å². The smallest absolute Gasteiger partial charge is 0.183 e. The van der Waals surface area contributed by atoms with Crippen molar-refractivity contribution in [3.05, 3.63) is 30.3 Å². The molecular weight excluding hydrogens is 224 g/mol. The third-order valence-corrected chi connectivity index (χ3v) is 5.74. The molecule has 4 heteroatoms. The van der Waals surface area contributed by atoms with Gasteiger partial charge in [-0.3, -0.25) is 0 Å². The highest BCUT2D eigenvalue weighted by molar-refractivity contribution is 7.92. The quantitative estimate of drug-likeness (QED) is 0.788. The first-order chi connectivity index (χ1) is 7.68. The fourth-order valence-electron chi connectivity index (χ4n) is 2.70. The van der Waals surface area contributed by atoms with Crippen molar-refractivity contribution in [3.63, 3.8) is 0 Å². The van der Waals surface area contributed by atoms with Crippen LogP contribution in [0.1, 0.15) is 19.3 Å². The van der Waals surface area contributed by atoms with Gasteiger partial charge in [0.2, 0.25) is 0 Å². The van der Waals surface area contributed by atoms with E-state index in [1.54, 1.807) is 24.3 Å². The molecule has 0 saturated carbocycles. The lowest BCUT2D eigenvalue weighted by atomic mass is 10.0. The summed E-state index contributed by atoms with van der Waals surface area (Å²) < 4.78 is 30.3. The Morgan fingerprint density at radius 2 is 1.88 bits per heavy atom. The fourth-order valence-corrected chi connectivity index (χ4v) is 4.66. The van der Waals surface area contributed by atoms with Gasteiger partial charge in [-0.2, -0.15) is 0 Å². The predicted octanol–water partition coefficient (Wildman–Crippen LogP) is 1.78. The molecule has 0 unspecified atom stereocenters. The SMILES string of the molecule is O=S(=O)(c1ccccc1)[C@H]1C[C@H]2CC[C@@H]1O2. The highest BCUT2D eigenvalue weighted by Gasteiger charge is 2.47. The maximum atomic E-state index is 12.3. The number of hydrogen-bond donors (Lipinski definition) is 0. The molecule has 0 radical (unpaired) electrons. The van der Waals surface area contributed by atoms with Crippen molar-refractivity contribution in [1.29, 1.82) is 0 Å². The summed E-state index contributed by atoms with van der Waals surface area (Å²) in [6.45, 7) is 0. The molecule has 3 nitrogen and oxygen atoms in total. The Morgan fingerprint density at radius 1 is 1.12 bits per heavy atom. The van der Waals surface area contributed by atoms with E-state index in [4.69, 9.17) is 4.74 Å². The molecule has 0 amide bonds. The van der Waals surface area contributed by atoms with Gasteiger partial charge in [0.1, 0.15) is 0 Å². The van der Waals surface area contributed by atoms with E-state index in [1.165, 1.54) is 0 Å². The van der Waals surface area contributed by atoms with Crippen molar-refractivity contribution in [2.75, 3.05) is 0 Å². The Balaban J connectivity index is 1.95. The van der Waals surface area contributed by atoms with Crippen LogP contribution in [0.15, 0.2) is 35.2 Å². The van der Waals surface area contributed by atoms with Crippen LogP contribution < -0.4 is 0 Å². The molecule has 16 heavy (non-hydrogen) atoms. The predicted molar refractivity (Wildman–Crippen MR) is 59.9 cm³/mol. The summed E-state index contributed by atoms with van der Waals surface area (Å²) in [6.07, 6.45) is 2.68. The van der Waals surface area contributed by atoms with E-state index in [0.717, 1.165) is 12.8 Å². The molecule has 2 heterocycles. The Hall–Kier alpha value is -0.870. The maximum Gasteiger partial charge on any atom is 0.183 e. The minimum Gasteiger partial charge on any atom is -0.374 e. The number of ether oxygens (including phenoxy) is 1. The van der Waals surface area contributed by atoms with Gasteiger partial charge in [0.15, 0.2) is 9.84 Å². The summed E-state index contributed by atoms with van der Waals surface area (Å²) in [6, 6.07) is 8.70. The minimum atomic E-state index is -3.19. The third-order valence-electron chi connectivity index (χ3n) is 3.52. The second kappa shape index (κ2) is 3.57. The first kappa shape index (κ1) is 10.3. The monoisotopic (exact) mass is 238 g/mol. The average Bonchev–Trinajstić information content (AvgIpc) is 2.92. The second-order valence-corrected chi connectivity index (χ2v) is 6.67. The molecule has 0 N–H and O–H groups in total. The molecule has 1 aromatic rings. The van der Waals surface area contributed by atoms with Crippen molar-refractivity contribution in [3.8, 4) is 0 Å². The lowest BCUT2D eigenvalue weighted by Gasteiger charge is -2.18. The van der Waals surface area contributed by atoms with Crippen molar-refractivity contribution in [2.24, 2.45) is 0 Å². The topological polar surface area (TPSA) is 43.4 Å². The second-order valence-electron chi connectivity index (χ2n) is 4.51. The van der Waals surface area contributed by atoms with E-state index in [0.29, 0.717) is 11.3 Å². The normalized spacial score (nSPS) is 33.1. The molecule has 3 rings (SSSR count). The van der Waals surface area contributed by atoms with Crippen LogP contribution in [0.5, 0.6) is 0 Å². The molecule has 1 aromatic carbocycles. The molecule has 0 aliphatic carbocycles. The van der Waals surface area contributed by atoms with Crippen molar-refractivity contribution >= 4 is 9.84 Å². The maximum absolute atomic E-state index is 12.3. The van der Waals surface area contributed by atoms with Gasteiger partial charge < -0.3 is 4.74 Å². The molecule has 3 atom stereocenters. The van der Waals surface area contributed by atoms with Gasteiger partial charge in [-0.1, -0.05) is 18.2 Å². The molecule has 2 aliphatic heterocycles. The Bertz CT molecular complexity index is 480. The van der Waals surface area contributed by atoms with Crippen LogP contribution in [0, 0.1) is 0 Å². The zero-order valence-corrected chi connectivity index (χ0v) is 9.69. The van der Waals surface area contributed by atoms with E-state index in [1.807, 2.05) is 6.07 Å². The van der Waals surface area contributed by atoms with Gasteiger partial charge in [-0.05, 0) is 31.4 Å². The van der Waals surface area contributed by atoms with E-state index < -0.39 is 9.84 Å². The standard InChI is InChI=1S/C12H14O3S/c13-16(14,10-4-2-1-3-5-10)12-8-9-6-7-11(12)15-9/h1-5,9,11-12H,6-8H2/t9-,11+,12+/m1/s1. The average molecular weight is 238 g/mol. The van der Waals surface area contributed by atoms with Gasteiger partial charge in [0.05, 0.1) is 22.4 Å². The lowest BCUT2D eigenvalue weighted by Crippen LogP contribution is -2.31. The van der Waals surface area contributed by atoms with Crippen LogP contribution in [0.25, 0.3) is 0 Å². The van der Waals surface area contributed by atoms with Gasteiger partial charge in [-0.15, -0.1) is 0 Å². The summed E-state index contributed by atoms with van der Waals surface area (Å²) in [4.78, 5) is 0.427. The van der Waals surface area contributed by atoms with Gasteiger partial charge in [-0.25, -0.2) is 8.42 Å². The highest BCUT2D eigenvalue weighted by atomic mass is 32.2. The number of hydrogen-bond acceptors (Lipinski definition) is 3. The molecule has 0 spiro atoms. The lowest BCUT2D eigenvalue weighted by molar-refractivity contribution is 0.105. The van der Waals surface area contributed by atoms with E-state index in [2.05, 4.69) is 0 Å². The van der Waals surface area contributed by atoms with Gasteiger partial charge in [0.25, 0.3) is 0 Å². The Labute approximate surface area is 95.3 Å². The van der Waals surface area contributed by atoms with E-state index in [-0.39, 0.29) is 17.5 Å². The summed E-state index contributed by atoms with van der Waals surface area (Å²) in [5, 5.41) is -0.325. The van der Waals surface area contributed by atoms with Crippen LogP contribution in [0.4, 0.5) is 0 Å². The Morgan fingerprint density at radius 3 is 2.44 bits per heavy atom. The van der Waals surface area contributed by atoms with Crippen molar-refractivity contribution in [1.82, 2.24) is 0 Å². The Kier molecular flexibility index (Phi) is 2.30. The van der Waals surface area contributed by atoms with Crippen LogP contribution in [-0.2, 0) is 14.6 Å². The number of rotatable bonds is 2. The third kappa shape index (κ3) is 1.48. The number of benzene rings is 1. The van der Waals surface area contributed by atoms with Crippen molar-refractivity contribution < 1.29 is 13.2 Å². The molecule has 86 valence electrons. The number of sulfone groups is 1. The minimum absolute atomic E-state index is 0.0739.